The molecule has 3 nitrogen and oxygen atoms in total. The van der Waals surface area contributed by atoms with E-state index in [9.17, 15) is 5.11 Å². The Morgan fingerprint density at radius 1 is 1.31 bits per heavy atom. The molecule has 2 heterocycles. The first-order chi connectivity index (χ1) is 7.68. The summed E-state index contributed by atoms with van der Waals surface area (Å²) in [6, 6.07) is 0. The standard InChI is InChI=1S/C13H25NO2/c1-13(15,12-3-2-6-14-10-12)9-11-4-7-16-8-5-11/h11-12,14-15H,2-10H2,1H3. The van der Waals surface area contributed by atoms with E-state index in [-0.39, 0.29) is 0 Å². The van der Waals surface area contributed by atoms with Gasteiger partial charge in [-0.3, -0.25) is 0 Å². The zero-order valence-corrected chi connectivity index (χ0v) is 10.4. The maximum atomic E-state index is 10.6. The highest BCUT2D eigenvalue weighted by atomic mass is 16.5. The molecular weight excluding hydrogens is 202 g/mol. The molecule has 0 aromatic carbocycles. The van der Waals surface area contributed by atoms with E-state index in [1.807, 2.05) is 6.92 Å². The molecular formula is C13H25NO2. The van der Waals surface area contributed by atoms with Gasteiger partial charge in [0.1, 0.15) is 0 Å². The molecule has 2 atom stereocenters. The van der Waals surface area contributed by atoms with Crippen molar-refractivity contribution >= 4 is 0 Å². The normalized spacial score (nSPS) is 32.2. The van der Waals surface area contributed by atoms with Gasteiger partial charge in [-0.25, -0.2) is 0 Å². The van der Waals surface area contributed by atoms with Crippen LogP contribution in [-0.4, -0.2) is 37.0 Å². The van der Waals surface area contributed by atoms with Gasteiger partial charge in [0.25, 0.3) is 0 Å². The van der Waals surface area contributed by atoms with Crippen LogP contribution in [0.2, 0.25) is 0 Å². The Labute approximate surface area is 98.6 Å². The molecule has 2 N–H and O–H groups in total. The largest absolute Gasteiger partial charge is 0.390 e. The lowest BCUT2D eigenvalue weighted by Gasteiger charge is -2.39. The molecule has 2 rings (SSSR count). The summed E-state index contributed by atoms with van der Waals surface area (Å²) in [5.74, 6) is 1.09. The van der Waals surface area contributed by atoms with Gasteiger partial charge in [-0.15, -0.1) is 0 Å². The highest BCUT2D eigenvalue weighted by Gasteiger charge is 2.35. The third-order valence-corrected chi connectivity index (χ3v) is 4.22. The van der Waals surface area contributed by atoms with Gasteiger partial charge in [0, 0.05) is 19.8 Å². The predicted molar refractivity (Wildman–Crippen MR) is 64.4 cm³/mol. The molecule has 0 amide bonds. The van der Waals surface area contributed by atoms with Crippen molar-refractivity contribution in [3.05, 3.63) is 0 Å². The van der Waals surface area contributed by atoms with Crippen LogP contribution in [0.1, 0.15) is 39.0 Å². The van der Waals surface area contributed by atoms with Gasteiger partial charge in [0.05, 0.1) is 5.60 Å². The van der Waals surface area contributed by atoms with Gasteiger partial charge < -0.3 is 15.2 Å². The molecule has 2 aliphatic rings. The summed E-state index contributed by atoms with van der Waals surface area (Å²) in [7, 11) is 0. The van der Waals surface area contributed by atoms with Crippen molar-refractivity contribution in [1.82, 2.24) is 5.32 Å². The van der Waals surface area contributed by atoms with Crippen molar-refractivity contribution in [2.75, 3.05) is 26.3 Å². The lowest BCUT2D eigenvalue weighted by molar-refractivity contribution is -0.0460. The Morgan fingerprint density at radius 2 is 2.06 bits per heavy atom. The van der Waals surface area contributed by atoms with Crippen LogP contribution in [0.15, 0.2) is 0 Å². The highest BCUT2D eigenvalue weighted by Crippen LogP contribution is 2.33. The van der Waals surface area contributed by atoms with Crippen molar-refractivity contribution < 1.29 is 9.84 Å². The van der Waals surface area contributed by atoms with E-state index in [2.05, 4.69) is 5.32 Å². The first-order valence-corrected chi connectivity index (χ1v) is 6.69. The van der Waals surface area contributed by atoms with Crippen LogP contribution in [0.4, 0.5) is 0 Å². The summed E-state index contributed by atoms with van der Waals surface area (Å²) in [6.07, 6.45) is 5.56. The molecule has 0 aromatic rings. The Morgan fingerprint density at radius 3 is 2.69 bits per heavy atom. The Bertz CT molecular complexity index is 206. The van der Waals surface area contributed by atoms with Crippen LogP contribution in [0.25, 0.3) is 0 Å². The summed E-state index contributed by atoms with van der Waals surface area (Å²) < 4.78 is 5.37. The van der Waals surface area contributed by atoms with E-state index < -0.39 is 5.60 Å². The van der Waals surface area contributed by atoms with E-state index in [4.69, 9.17) is 4.74 Å². The van der Waals surface area contributed by atoms with Crippen molar-refractivity contribution in [2.24, 2.45) is 11.8 Å². The number of piperidine rings is 1. The molecule has 2 unspecified atom stereocenters. The topological polar surface area (TPSA) is 41.5 Å². The van der Waals surface area contributed by atoms with Crippen LogP contribution in [0.3, 0.4) is 0 Å². The number of rotatable bonds is 3. The fourth-order valence-corrected chi connectivity index (χ4v) is 3.08. The lowest BCUT2D eigenvalue weighted by Crippen LogP contribution is -2.45. The summed E-state index contributed by atoms with van der Waals surface area (Å²) >= 11 is 0. The molecule has 0 bridgehead atoms. The third kappa shape index (κ3) is 3.19. The lowest BCUT2D eigenvalue weighted by atomic mass is 9.76. The smallest absolute Gasteiger partial charge is 0.0662 e. The molecule has 0 aliphatic carbocycles. The van der Waals surface area contributed by atoms with Gasteiger partial charge in [0.15, 0.2) is 0 Å². The van der Waals surface area contributed by atoms with Crippen LogP contribution < -0.4 is 5.32 Å². The van der Waals surface area contributed by atoms with E-state index in [0.717, 1.165) is 45.6 Å². The number of aliphatic hydroxyl groups is 1. The first kappa shape index (κ1) is 12.3. The Kier molecular flexibility index (Phi) is 4.22. The van der Waals surface area contributed by atoms with Crippen LogP contribution in [0.5, 0.6) is 0 Å². The molecule has 0 saturated carbocycles. The Hall–Kier alpha value is -0.120. The fraction of sp³-hybridized carbons (Fsp3) is 1.00. The van der Waals surface area contributed by atoms with Crippen molar-refractivity contribution in [3.8, 4) is 0 Å². The minimum absolute atomic E-state index is 0.434. The van der Waals surface area contributed by atoms with Gasteiger partial charge in [-0.1, -0.05) is 0 Å². The minimum Gasteiger partial charge on any atom is -0.390 e. The second-order valence-corrected chi connectivity index (χ2v) is 5.66. The molecule has 0 aromatic heterocycles. The number of nitrogens with one attached hydrogen (secondary N) is 1. The van der Waals surface area contributed by atoms with E-state index in [1.165, 1.54) is 12.8 Å². The van der Waals surface area contributed by atoms with E-state index in [0.29, 0.717) is 11.8 Å². The zero-order valence-electron chi connectivity index (χ0n) is 10.4. The molecule has 0 spiro atoms. The SMILES string of the molecule is CC(O)(CC1CCOCC1)C1CCCNC1. The number of hydrogen-bond donors (Lipinski definition) is 2. The van der Waals surface area contributed by atoms with E-state index >= 15 is 0 Å². The molecule has 94 valence electrons. The maximum Gasteiger partial charge on any atom is 0.0662 e. The number of hydrogen-bond acceptors (Lipinski definition) is 3. The average molecular weight is 227 g/mol. The second kappa shape index (κ2) is 5.48. The summed E-state index contributed by atoms with van der Waals surface area (Å²) in [6.45, 7) is 5.88. The van der Waals surface area contributed by atoms with Gasteiger partial charge in [0.2, 0.25) is 0 Å². The predicted octanol–water partition coefficient (Wildman–Crippen LogP) is 1.55. The van der Waals surface area contributed by atoms with Crippen molar-refractivity contribution in [1.29, 1.82) is 0 Å². The van der Waals surface area contributed by atoms with Gasteiger partial charge >= 0.3 is 0 Å². The summed E-state index contributed by atoms with van der Waals surface area (Å²) in [5.41, 5.74) is -0.491. The molecule has 16 heavy (non-hydrogen) atoms. The van der Waals surface area contributed by atoms with E-state index in [1.54, 1.807) is 0 Å². The van der Waals surface area contributed by atoms with Gasteiger partial charge in [-0.2, -0.15) is 0 Å². The van der Waals surface area contributed by atoms with Gasteiger partial charge in [-0.05, 0) is 57.4 Å². The summed E-state index contributed by atoms with van der Waals surface area (Å²) in [4.78, 5) is 0. The van der Waals surface area contributed by atoms with Crippen molar-refractivity contribution in [3.63, 3.8) is 0 Å². The highest BCUT2D eigenvalue weighted by molar-refractivity contribution is 4.88. The minimum atomic E-state index is -0.491. The first-order valence-electron chi connectivity index (χ1n) is 6.69. The monoisotopic (exact) mass is 227 g/mol. The zero-order chi connectivity index (χ0) is 11.4. The molecule has 2 saturated heterocycles. The fourth-order valence-electron chi connectivity index (χ4n) is 3.08. The Balaban J connectivity index is 1.84. The quantitative estimate of drug-likeness (QED) is 0.768. The molecule has 0 radical (unpaired) electrons. The van der Waals surface area contributed by atoms with Crippen LogP contribution in [-0.2, 0) is 4.74 Å². The third-order valence-electron chi connectivity index (χ3n) is 4.22. The van der Waals surface area contributed by atoms with Crippen LogP contribution >= 0.6 is 0 Å². The molecule has 2 fully saturated rings. The van der Waals surface area contributed by atoms with Crippen LogP contribution in [0, 0.1) is 11.8 Å². The summed E-state index contributed by atoms with van der Waals surface area (Å²) in [5, 5.41) is 14.0. The molecule has 2 aliphatic heterocycles. The average Bonchev–Trinajstić information content (AvgIpc) is 2.31. The number of ether oxygens (including phenoxy) is 1. The molecule has 3 heteroatoms. The maximum absolute atomic E-state index is 10.6. The second-order valence-electron chi connectivity index (χ2n) is 5.66. The van der Waals surface area contributed by atoms with Crippen molar-refractivity contribution in [2.45, 2.75) is 44.6 Å².